The van der Waals surface area contributed by atoms with Crippen LogP contribution in [0.1, 0.15) is 76.1 Å². The second-order valence-corrected chi connectivity index (χ2v) is 7.12. The summed E-state index contributed by atoms with van der Waals surface area (Å²) >= 11 is 0. The van der Waals surface area contributed by atoms with Gasteiger partial charge < -0.3 is 5.32 Å². The molecule has 1 aromatic carbocycles. The van der Waals surface area contributed by atoms with E-state index in [9.17, 15) is 0 Å². The van der Waals surface area contributed by atoms with Crippen molar-refractivity contribution in [3.63, 3.8) is 0 Å². The van der Waals surface area contributed by atoms with Gasteiger partial charge in [0.15, 0.2) is 0 Å². The Morgan fingerprint density at radius 1 is 1.25 bits per heavy atom. The minimum atomic E-state index is 0.440. The average molecular weight is 273 g/mol. The van der Waals surface area contributed by atoms with Crippen molar-refractivity contribution >= 4 is 0 Å². The summed E-state index contributed by atoms with van der Waals surface area (Å²) < 4.78 is 0. The van der Waals surface area contributed by atoms with Gasteiger partial charge in [0.2, 0.25) is 0 Å². The van der Waals surface area contributed by atoms with E-state index >= 15 is 0 Å². The zero-order valence-corrected chi connectivity index (χ0v) is 13.8. The van der Waals surface area contributed by atoms with E-state index in [-0.39, 0.29) is 0 Å². The van der Waals surface area contributed by atoms with E-state index in [2.05, 4.69) is 51.2 Å². The van der Waals surface area contributed by atoms with E-state index in [1.807, 2.05) is 0 Å². The highest BCUT2D eigenvalue weighted by Crippen LogP contribution is 2.39. The smallest absolute Gasteiger partial charge is 0.0328 e. The minimum Gasteiger partial charge on any atom is -0.310 e. The van der Waals surface area contributed by atoms with Crippen molar-refractivity contribution in [3.8, 4) is 0 Å². The summed E-state index contributed by atoms with van der Waals surface area (Å²) in [6, 6.07) is 7.77. The monoisotopic (exact) mass is 273 g/mol. The van der Waals surface area contributed by atoms with Gasteiger partial charge in [0.1, 0.15) is 0 Å². The Morgan fingerprint density at radius 3 is 2.75 bits per heavy atom. The summed E-state index contributed by atoms with van der Waals surface area (Å²) in [5.74, 6) is 0. The summed E-state index contributed by atoms with van der Waals surface area (Å²) in [5.41, 5.74) is 5.11. The number of hydrogen-bond acceptors (Lipinski definition) is 1. The van der Waals surface area contributed by atoms with Gasteiger partial charge in [-0.15, -0.1) is 0 Å². The fourth-order valence-electron chi connectivity index (χ4n) is 3.40. The summed E-state index contributed by atoms with van der Waals surface area (Å²) in [6.07, 6.45) is 7.60. The zero-order valence-electron chi connectivity index (χ0n) is 13.8. The molecule has 1 aliphatic carbocycles. The third-order valence-corrected chi connectivity index (χ3v) is 4.68. The Hall–Kier alpha value is -0.820. The van der Waals surface area contributed by atoms with Gasteiger partial charge in [0.25, 0.3) is 0 Å². The molecule has 1 nitrogen and oxygen atoms in total. The molecule has 20 heavy (non-hydrogen) atoms. The highest BCUT2D eigenvalue weighted by molar-refractivity contribution is 5.36. The van der Waals surface area contributed by atoms with Gasteiger partial charge in [-0.2, -0.15) is 0 Å². The topological polar surface area (TPSA) is 12.0 Å². The molecule has 2 rings (SSSR count). The second kappa shape index (κ2) is 6.76. The maximum atomic E-state index is 3.72. The molecule has 1 atom stereocenters. The van der Waals surface area contributed by atoms with Crippen LogP contribution in [0, 0.1) is 5.41 Å². The molecule has 1 heteroatoms. The quantitative estimate of drug-likeness (QED) is 0.741. The molecule has 0 heterocycles. The molecule has 0 bridgehead atoms. The lowest BCUT2D eigenvalue weighted by Gasteiger charge is -2.27. The van der Waals surface area contributed by atoms with E-state index in [0.717, 1.165) is 6.54 Å². The van der Waals surface area contributed by atoms with E-state index in [0.29, 0.717) is 11.5 Å². The Bertz CT molecular complexity index is 433. The van der Waals surface area contributed by atoms with Crippen LogP contribution in [0.25, 0.3) is 0 Å². The van der Waals surface area contributed by atoms with E-state index < -0.39 is 0 Å². The molecule has 1 aromatic rings. The molecule has 0 amide bonds. The molecular weight excluding hydrogens is 242 g/mol. The molecule has 112 valence electrons. The molecule has 0 saturated heterocycles. The van der Waals surface area contributed by atoms with Crippen molar-refractivity contribution < 1.29 is 0 Å². The number of aryl methyl sites for hydroxylation is 2. The van der Waals surface area contributed by atoms with E-state index in [1.165, 1.54) is 44.1 Å². The SMILES string of the molecule is CCCCc1ccc2c(c1)C(NCC)CC(C)(C)CC2. The summed E-state index contributed by atoms with van der Waals surface area (Å²) in [4.78, 5) is 0. The predicted octanol–water partition coefficient (Wildman–Crippen LogP) is 5.04. The molecule has 1 N–H and O–H groups in total. The minimum absolute atomic E-state index is 0.440. The van der Waals surface area contributed by atoms with Crippen LogP contribution < -0.4 is 5.32 Å². The molecular formula is C19H31N. The van der Waals surface area contributed by atoms with Gasteiger partial charge in [0, 0.05) is 6.04 Å². The third kappa shape index (κ3) is 3.85. The molecule has 0 spiro atoms. The normalized spacial score (nSPS) is 21.3. The van der Waals surface area contributed by atoms with Crippen molar-refractivity contribution in [3.05, 3.63) is 34.9 Å². The lowest BCUT2D eigenvalue weighted by atomic mass is 9.83. The third-order valence-electron chi connectivity index (χ3n) is 4.68. The van der Waals surface area contributed by atoms with Gasteiger partial charge in [0.05, 0.1) is 0 Å². The van der Waals surface area contributed by atoms with Crippen LogP contribution in [-0.4, -0.2) is 6.54 Å². The zero-order chi connectivity index (χ0) is 14.6. The first-order valence-electron chi connectivity index (χ1n) is 8.41. The number of nitrogens with one attached hydrogen (secondary N) is 1. The molecule has 0 radical (unpaired) electrons. The van der Waals surface area contributed by atoms with Crippen LogP contribution >= 0.6 is 0 Å². The number of rotatable bonds is 5. The highest BCUT2D eigenvalue weighted by atomic mass is 14.9. The Labute approximate surface area is 125 Å². The number of unbranched alkanes of at least 4 members (excludes halogenated alkanes) is 1. The van der Waals surface area contributed by atoms with Crippen molar-refractivity contribution in [2.24, 2.45) is 5.41 Å². The van der Waals surface area contributed by atoms with Gasteiger partial charge in [-0.1, -0.05) is 52.3 Å². The van der Waals surface area contributed by atoms with Gasteiger partial charge in [-0.05, 0) is 60.8 Å². The lowest BCUT2D eigenvalue weighted by molar-refractivity contribution is 0.275. The van der Waals surface area contributed by atoms with Gasteiger partial charge in [-0.25, -0.2) is 0 Å². The number of benzene rings is 1. The fraction of sp³-hybridized carbons (Fsp3) is 0.684. The highest BCUT2D eigenvalue weighted by Gasteiger charge is 2.29. The van der Waals surface area contributed by atoms with Crippen molar-refractivity contribution in [1.29, 1.82) is 0 Å². The van der Waals surface area contributed by atoms with Crippen LogP contribution in [0.3, 0.4) is 0 Å². The first-order valence-corrected chi connectivity index (χ1v) is 8.41. The van der Waals surface area contributed by atoms with Crippen LogP contribution in [0.15, 0.2) is 18.2 Å². The number of hydrogen-bond donors (Lipinski definition) is 1. The summed E-state index contributed by atoms with van der Waals surface area (Å²) in [7, 11) is 0. The van der Waals surface area contributed by atoms with Crippen LogP contribution in [0.5, 0.6) is 0 Å². The summed E-state index contributed by atoms with van der Waals surface area (Å²) in [5, 5.41) is 3.72. The van der Waals surface area contributed by atoms with Crippen molar-refractivity contribution in [1.82, 2.24) is 5.32 Å². The average Bonchev–Trinajstić information content (AvgIpc) is 2.54. The maximum Gasteiger partial charge on any atom is 0.0328 e. The van der Waals surface area contributed by atoms with Gasteiger partial charge in [-0.3, -0.25) is 0 Å². The molecule has 1 aliphatic rings. The molecule has 0 aliphatic heterocycles. The number of fused-ring (bicyclic) bond motifs is 1. The molecule has 0 aromatic heterocycles. The van der Waals surface area contributed by atoms with Crippen molar-refractivity contribution in [2.45, 2.75) is 72.3 Å². The first-order chi connectivity index (χ1) is 9.55. The van der Waals surface area contributed by atoms with Crippen LogP contribution in [0.2, 0.25) is 0 Å². The standard InChI is InChI=1S/C19H31N/c1-5-7-8-15-9-10-16-11-12-19(3,4)14-18(20-6-2)17(16)13-15/h9-10,13,18,20H,5-8,11-12,14H2,1-4H3. The Morgan fingerprint density at radius 2 is 2.05 bits per heavy atom. The largest absolute Gasteiger partial charge is 0.310 e. The fourth-order valence-corrected chi connectivity index (χ4v) is 3.40. The molecule has 1 unspecified atom stereocenters. The molecule has 0 saturated carbocycles. The van der Waals surface area contributed by atoms with Gasteiger partial charge >= 0.3 is 0 Å². The maximum absolute atomic E-state index is 3.72. The van der Waals surface area contributed by atoms with E-state index in [1.54, 1.807) is 11.1 Å². The summed E-state index contributed by atoms with van der Waals surface area (Å²) in [6.45, 7) is 10.4. The van der Waals surface area contributed by atoms with Crippen molar-refractivity contribution in [2.75, 3.05) is 6.54 Å². The second-order valence-electron chi connectivity index (χ2n) is 7.12. The first kappa shape index (κ1) is 15.6. The Kier molecular flexibility index (Phi) is 5.26. The predicted molar refractivity (Wildman–Crippen MR) is 88.2 cm³/mol. The van der Waals surface area contributed by atoms with Crippen LogP contribution in [0.4, 0.5) is 0 Å². The lowest BCUT2D eigenvalue weighted by Crippen LogP contribution is -2.25. The van der Waals surface area contributed by atoms with Crippen LogP contribution in [-0.2, 0) is 12.8 Å². The molecule has 0 fully saturated rings. The Balaban J connectivity index is 2.28. The van der Waals surface area contributed by atoms with E-state index in [4.69, 9.17) is 0 Å².